The molecule has 4 rings (SSSR count). The number of hydrogen-bond acceptors (Lipinski definition) is 4. The molecule has 0 saturated carbocycles. The Hall–Kier alpha value is -2.37. The summed E-state index contributed by atoms with van der Waals surface area (Å²) >= 11 is 12.2. The molecule has 1 aliphatic rings. The largest absolute Gasteiger partial charge is 0.354 e. The molecule has 1 fully saturated rings. The fourth-order valence-electron chi connectivity index (χ4n) is 3.08. The molecule has 1 amide bonds. The summed E-state index contributed by atoms with van der Waals surface area (Å²) in [5.41, 5.74) is 1.83. The second-order valence-corrected chi connectivity index (χ2v) is 6.92. The standard InChI is InChI=1S/C19H16Cl2N4O/c20-13-7-5-6-12(16(13)21)19(26)24-17-18(25-10-3-4-11-25)23-15-9-2-1-8-14(15)22-17/h1-2,5-9H,3-4,10-11H2,(H,22,24,26). The third-order valence-corrected chi connectivity index (χ3v) is 5.20. The second kappa shape index (κ2) is 7.09. The molecule has 0 atom stereocenters. The highest BCUT2D eigenvalue weighted by Crippen LogP contribution is 2.30. The van der Waals surface area contributed by atoms with Crippen molar-refractivity contribution >= 4 is 51.8 Å². The van der Waals surface area contributed by atoms with Gasteiger partial charge in [-0.05, 0) is 37.1 Å². The minimum atomic E-state index is -0.359. The van der Waals surface area contributed by atoms with Gasteiger partial charge in [0.1, 0.15) is 0 Å². The van der Waals surface area contributed by atoms with Crippen LogP contribution in [0, 0.1) is 0 Å². The monoisotopic (exact) mass is 386 g/mol. The highest BCUT2D eigenvalue weighted by atomic mass is 35.5. The van der Waals surface area contributed by atoms with E-state index in [0.717, 1.165) is 37.0 Å². The van der Waals surface area contributed by atoms with Crippen LogP contribution in [0.2, 0.25) is 10.0 Å². The summed E-state index contributed by atoms with van der Waals surface area (Å²) in [6, 6.07) is 12.6. The number of rotatable bonds is 3. The van der Waals surface area contributed by atoms with Crippen molar-refractivity contribution in [2.45, 2.75) is 12.8 Å². The summed E-state index contributed by atoms with van der Waals surface area (Å²) in [4.78, 5) is 24.3. The molecule has 0 radical (unpaired) electrons. The smallest absolute Gasteiger partial charge is 0.258 e. The molecule has 0 unspecified atom stereocenters. The Morgan fingerprint density at radius 2 is 1.65 bits per heavy atom. The van der Waals surface area contributed by atoms with Crippen LogP contribution in [0.1, 0.15) is 23.2 Å². The molecular formula is C19H16Cl2N4O. The highest BCUT2D eigenvalue weighted by Gasteiger charge is 2.22. The number of nitrogens with zero attached hydrogens (tertiary/aromatic N) is 3. The Balaban J connectivity index is 1.75. The van der Waals surface area contributed by atoms with Gasteiger partial charge in [-0.25, -0.2) is 9.97 Å². The topological polar surface area (TPSA) is 58.1 Å². The van der Waals surface area contributed by atoms with Crippen molar-refractivity contribution in [3.8, 4) is 0 Å². The van der Waals surface area contributed by atoms with E-state index >= 15 is 0 Å². The summed E-state index contributed by atoms with van der Waals surface area (Å²) < 4.78 is 0. The molecule has 2 heterocycles. The Morgan fingerprint density at radius 1 is 0.962 bits per heavy atom. The minimum absolute atomic E-state index is 0.225. The van der Waals surface area contributed by atoms with Crippen molar-refractivity contribution in [1.82, 2.24) is 9.97 Å². The van der Waals surface area contributed by atoms with Gasteiger partial charge in [-0.3, -0.25) is 4.79 Å². The first-order chi connectivity index (χ1) is 12.6. The number of para-hydroxylation sites is 2. The zero-order chi connectivity index (χ0) is 18.1. The predicted octanol–water partition coefficient (Wildman–Crippen LogP) is 4.79. The molecule has 5 nitrogen and oxygen atoms in total. The normalized spacial score (nSPS) is 14.0. The van der Waals surface area contributed by atoms with Crippen LogP contribution in [0.3, 0.4) is 0 Å². The van der Waals surface area contributed by atoms with Crippen molar-refractivity contribution in [2.24, 2.45) is 0 Å². The van der Waals surface area contributed by atoms with Gasteiger partial charge in [-0.2, -0.15) is 0 Å². The maximum Gasteiger partial charge on any atom is 0.258 e. The number of nitrogens with one attached hydrogen (secondary N) is 1. The Labute approximate surface area is 161 Å². The molecule has 1 aromatic heterocycles. The van der Waals surface area contributed by atoms with Gasteiger partial charge >= 0.3 is 0 Å². The van der Waals surface area contributed by atoms with Crippen molar-refractivity contribution < 1.29 is 4.79 Å². The van der Waals surface area contributed by atoms with Gasteiger partial charge in [-0.1, -0.05) is 41.4 Å². The Morgan fingerprint density at radius 3 is 2.38 bits per heavy atom. The first kappa shape index (κ1) is 17.1. The van der Waals surface area contributed by atoms with E-state index in [1.165, 1.54) is 0 Å². The third kappa shape index (κ3) is 3.20. The average Bonchev–Trinajstić information content (AvgIpc) is 3.18. The third-order valence-electron chi connectivity index (χ3n) is 4.39. The lowest BCUT2D eigenvalue weighted by Crippen LogP contribution is -2.23. The second-order valence-electron chi connectivity index (χ2n) is 6.13. The minimum Gasteiger partial charge on any atom is -0.354 e. The molecular weight excluding hydrogens is 371 g/mol. The number of benzene rings is 2. The summed E-state index contributed by atoms with van der Waals surface area (Å²) in [6.45, 7) is 1.79. The number of fused-ring (bicyclic) bond motifs is 1. The van der Waals surface area contributed by atoms with Gasteiger partial charge in [-0.15, -0.1) is 0 Å². The maximum atomic E-state index is 12.7. The first-order valence-corrected chi connectivity index (χ1v) is 9.16. The van der Waals surface area contributed by atoms with E-state index in [1.54, 1.807) is 18.2 Å². The number of carbonyl (C=O) groups is 1. The van der Waals surface area contributed by atoms with E-state index in [9.17, 15) is 4.79 Å². The van der Waals surface area contributed by atoms with Crippen LogP contribution in [-0.2, 0) is 0 Å². The zero-order valence-electron chi connectivity index (χ0n) is 13.9. The lowest BCUT2D eigenvalue weighted by atomic mass is 10.2. The predicted molar refractivity (Wildman–Crippen MR) is 105 cm³/mol. The lowest BCUT2D eigenvalue weighted by molar-refractivity contribution is 0.102. The van der Waals surface area contributed by atoms with Crippen molar-refractivity contribution in [2.75, 3.05) is 23.3 Å². The maximum absolute atomic E-state index is 12.7. The summed E-state index contributed by atoms with van der Waals surface area (Å²) in [5.74, 6) is 0.766. The van der Waals surface area contributed by atoms with E-state index in [1.807, 2.05) is 24.3 Å². The van der Waals surface area contributed by atoms with Gasteiger partial charge < -0.3 is 10.2 Å². The molecule has 1 aliphatic heterocycles. The Kier molecular flexibility index (Phi) is 4.66. The van der Waals surface area contributed by atoms with Crippen LogP contribution in [0.15, 0.2) is 42.5 Å². The van der Waals surface area contributed by atoms with Gasteiger partial charge in [0.2, 0.25) is 0 Å². The molecule has 132 valence electrons. The van der Waals surface area contributed by atoms with Gasteiger partial charge in [0.25, 0.3) is 5.91 Å². The fourth-order valence-corrected chi connectivity index (χ4v) is 3.46. The van der Waals surface area contributed by atoms with Gasteiger partial charge in [0.15, 0.2) is 11.6 Å². The van der Waals surface area contributed by atoms with Crippen LogP contribution in [0.5, 0.6) is 0 Å². The molecule has 0 spiro atoms. The number of halogens is 2. The van der Waals surface area contributed by atoms with E-state index in [4.69, 9.17) is 28.2 Å². The molecule has 7 heteroatoms. The quantitative estimate of drug-likeness (QED) is 0.702. The highest BCUT2D eigenvalue weighted by molar-refractivity contribution is 6.44. The molecule has 26 heavy (non-hydrogen) atoms. The Bertz CT molecular complexity index is 986. The number of carbonyl (C=O) groups excluding carboxylic acids is 1. The SMILES string of the molecule is O=C(Nc1nc2ccccc2nc1N1CCCC1)c1cccc(Cl)c1Cl. The fraction of sp³-hybridized carbons (Fsp3) is 0.211. The molecule has 3 aromatic rings. The molecule has 1 N–H and O–H groups in total. The number of aromatic nitrogens is 2. The van der Waals surface area contributed by atoms with Crippen LogP contribution < -0.4 is 10.2 Å². The van der Waals surface area contributed by atoms with Crippen LogP contribution in [0.25, 0.3) is 11.0 Å². The summed E-state index contributed by atoms with van der Waals surface area (Å²) in [6.07, 6.45) is 2.20. The van der Waals surface area contributed by atoms with Crippen molar-refractivity contribution in [3.05, 3.63) is 58.1 Å². The summed E-state index contributed by atoms with van der Waals surface area (Å²) in [7, 11) is 0. The number of hydrogen-bond donors (Lipinski definition) is 1. The lowest BCUT2D eigenvalue weighted by Gasteiger charge is -2.20. The van der Waals surface area contributed by atoms with E-state index in [0.29, 0.717) is 22.2 Å². The summed E-state index contributed by atoms with van der Waals surface area (Å²) in [5, 5.41) is 3.43. The number of anilines is 2. The average molecular weight is 387 g/mol. The number of amides is 1. The first-order valence-electron chi connectivity index (χ1n) is 8.40. The van der Waals surface area contributed by atoms with Gasteiger partial charge in [0.05, 0.1) is 26.6 Å². The molecule has 1 saturated heterocycles. The molecule has 2 aromatic carbocycles. The van der Waals surface area contributed by atoms with Crippen molar-refractivity contribution in [1.29, 1.82) is 0 Å². The van der Waals surface area contributed by atoms with Crippen molar-refractivity contribution in [3.63, 3.8) is 0 Å². The van der Waals surface area contributed by atoms with E-state index in [-0.39, 0.29) is 10.9 Å². The van der Waals surface area contributed by atoms with E-state index < -0.39 is 0 Å². The van der Waals surface area contributed by atoms with Crippen LogP contribution in [-0.4, -0.2) is 29.0 Å². The molecule has 0 bridgehead atoms. The van der Waals surface area contributed by atoms with Crippen LogP contribution in [0.4, 0.5) is 11.6 Å². The van der Waals surface area contributed by atoms with E-state index in [2.05, 4.69) is 15.2 Å². The van der Waals surface area contributed by atoms with Crippen LogP contribution >= 0.6 is 23.2 Å². The van der Waals surface area contributed by atoms with Gasteiger partial charge in [0, 0.05) is 13.1 Å². The molecule has 0 aliphatic carbocycles. The zero-order valence-corrected chi connectivity index (χ0v) is 15.4.